The van der Waals surface area contributed by atoms with E-state index < -0.39 is 0 Å². The van der Waals surface area contributed by atoms with Crippen molar-refractivity contribution in [1.82, 2.24) is 20.5 Å². The Morgan fingerprint density at radius 1 is 0.805 bits per heavy atom. The highest BCUT2D eigenvalue weighted by molar-refractivity contribution is 6.06. The molecule has 41 heavy (non-hydrogen) atoms. The summed E-state index contributed by atoms with van der Waals surface area (Å²) >= 11 is 0. The molecule has 0 aliphatic carbocycles. The van der Waals surface area contributed by atoms with Crippen LogP contribution < -0.4 is 15.5 Å². The standard InChI is InChI=1S/C34H43N5O2/c40-33(37-23-27-11-9-12-28(21-27)26-38-18-6-4-7-19-38)29-14-15-32-31(22-29)25-35-16-5-2-1-3-8-20-39(32)34(41)30-13-10-17-36-24-30/h9-15,17,21-22,24,35H,1-8,16,18-20,23,25-26H2,(H,37,40). The first-order valence-electron chi connectivity index (χ1n) is 15.3. The molecule has 3 aromatic rings. The van der Waals surface area contributed by atoms with E-state index in [9.17, 15) is 9.59 Å². The molecule has 7 nitrogen and oxygen atoms in total. The molecule has 7 heteroatoms. The number of likely N-dealkylation sites (tertiary alicyclic amines) is 1. The van der Waals surface area contributed by atoms with Gasteiger partial charge in [0.15, 0.2) is 0 Å². The molecule has 2 aliphatic heterocycles. The van der Waals surface area contributed by atoms with Crippen LogP contribution in [0.1, 0.15) is 88.8 Å². The Labute approximate surface area is 244 Å². The Bertz CT molecular complexity index is 1290. The minimum atomic E-state index is -0.106. The molecule has 216 valence electrons. The molecule has 1 aromatic heterocycles. The average molecular weight is 554 g/mol. The molecule has 2 aromatic carbocycles. The van der Waals surface area contributed by atoms with Crippen molar-refractivity contribution in [1.29, 1.82) is 0 Å². The van der Waals surface area contributed by atoms with Crippen molar-refractivity contribution in [2.75, 3.05) is 31.1 Å². The third kappa shape index (κ3) is 8.24. The molecule has 0 atom stereocenters. The molecular weight excluding hydrogens is 510 g/mol. The van der Waals surface area contributed by atoms with Crippen LogP contribution in [0.25, 0.3) is 0 Å². The quantitative estimate of drug-likeness (QED) is 0.410. The predicted octanol–water partition coefficient (Wildman–Crippen LogP) is 5.70. The Hall–Kier alpha value is -3.55. The smallest absolute Gasteiger partial charge is 0.259 e. The van der Waals surface area contributed by atoms with Crippen LogP contribution in [0.3, 0.4) is 0 Å². The molecule has 3 heterocycles. The number of aromatic nitrogens is 1. The van der Waals surface area contributed by atoms with Crippen molar-refractivity contribution >= 4 is 17.5 Å². The number of hydrogen-bond donors (Lipinski definition) is 2. The van der Waals surface area contributed by atoms with Crippen LogP contribution in [0.5, 0.6) is 0 Å². The van der Waals surface area contributed by atoms with Gasteiger partial charge in [-0.25, -0.2) is 0 Å². The summed E-state index contributed by atoms with van der Waals surface area (Å²) in [6.45, 7) is 5.94. The largest absolute Gasteiger partial charge is 0.348 e. The van der Waals surface area contributed by atoms with Crippen molar-refractivity contribution in [3.8, 4) is 0 Å². The van der Waals surface area contributed by atoms with Crippen LogP contribution in [-0.4, -0.2) is 47.9 Å². The van der Waals surface area contributed by atoms with Gasteiger partial charge in [-0.3, -0.25) is 19.5 Å². The Kier molecular flexibility index (Phi) is 10.5. The number of fused-ring (bicyclic) bond motifs is 1. The maximum absolute atomic E-state index is 13.6. The van der Waals surface area contributed by atoms with E-state index in [0.717, 1.165) is 49.2 Å². The molecule has 2 aliphatic rings. The first-order chi connectivity index (χ1) is 20.2. The molecule has 1 fully saturated rings. The van der Waals surface area contributed by atoms with Crippen molar-refractivity contribution < 1.29 is 9.59 Å². The topological polar surface area (TPSA) is 77.6 Å². The van der Waals surface area contributed by atoms with Gasteiger partial charge in [0, 0.05) is 49.8 Å². The zero-order chi connectivity index (χ0) is 28.3. The second-order valence-electron chi connectivity index (χ2n) is 11.3. The second kappa shape index (κ2) is 14.9. The summed E-state index contributed by atoms with van der Waals surface area (Å²) < 4.78 is 0. The first kappa shape index (κ1) is 29.0. The summed E-state index contributed by atoms with van der Waals surface area (Å²) in [5, 5.41) is 6.66. The van der Waals surface area contributed by atoms with Crippen molar-refractivity contribution in [3.05, 3.63) is 94.8 Å². The van der Waals surface area contributed by atoms with E-state index in [1.165, 1.54) is 50.8 Å². The van der Waals surface area contributed by atoms with E-state index in [1.54, 1.807) is 18.5 Å². The van der Waals surface area contributed by atoms with Crippen molar-refractivity contribution in [2.24, 2.45) is 0 Å². The average Bonchev–Trinajstić information content (AvgIpc) is 3.01. The minimum Gasteiger partial charge on any atom is -0.348 e. The molecule has 2 N–H and O–H groups in total. The number of nitrogens with zero attached hydrogens (tertiary/aromatic N) is 3. The maximum atomic E-state index is 13.6. The lowest BCUT2D eigenvalue weighted by Crippen LogP contribution is -2.34. The van der Waals surface area contributed by atoms with Crippen molar-refractivity contribution in [2.45, 2.75) is 71.0 Å². The lowest BCUT2D eigenvalue weighted by molar-refractivity contribution is 0.0949. The monoisotopic (exact) mass is 553 g/mol. The molecule has 0 bridgehead atoms. The summed E-state index contributed by atoms with van der Waals surface area (Å²) in [6.07, 6.45) is 12.7. The summed E-state index contributed by atoms with van der Waals surface area (Å²) in [7, 11) is 0. The molecule has 5 rings (SSSR count). The van der Waals surface area contributed by atoms with Gasteiger partial charge in [0.25, 0.3) is 11.8 Å². The fourth-order valence-electron chi connectivity index (χ4n) is 5.88. The normalized spacial score (nSPS) is 17.1. The highest BCUT2D eigenvalue weighted by Gasteiger charge is 2.22. The number of nitrogens with one attached hydrogen (secondary N) is 2. The summed E-state index contributed by atoms with van der Waals surface area (Å²) in [5.41, 5.74) is 5.39. The number of carbonyl (C=O) groups excluding carboxylic acids is 2. The van der Waals surface area contributed by atoms with Crippen LogP contribution in [0.4, 0.5) is 5.69 Å². The van der Waals surface area contributed by atoms with E-state index in [1.807, 2.05) is 29.2 Å². The van der Waals surface area contributed by atoms with E-state index >= 15 is 0 Å². The summed E-state index contributed by atoms with van der Waals surface area (Å²) in [6, 6.07) is 17.9. The van der Waals surface area contributed by atoms with Crippen molar-refractivity contribution in [3.63, 3.8) is 0 Å². The lowest BCUT2D eigenvalue weighted by Gasteiger charge is -2.27. The van der Waals surface area contributed by atoms with E-state index in [4.69, 9.17) is 0 Å². The van der Waals surface area contributed by atoms with Gasteiger partial charge in [-0.2, -0.15) is 0 Å². The predicted molar refractivity (Wildman–Crippen MR) is 164 cm³/mol. The summed E-state index contributed by atoms with van der Waals surface area (Å²) in [4.78, 5) is 35.4. The first-order valence-corrected chi connectivity index (χ1v) is 15.3. The summed E-state index contributed by atoms with van der Waals surface area (Å²) in [5.74, 6) is -0.163. The molecular formula is C34H43N5O2. The van der Waals surface area contributed by atoms with Crippen LogP contribution in [0.15, 0.2) is 67.0 Å². The fourth-order valence-corrected chi connectivity index (χ4v) is 5.88. The van der Waals surface area contributed by atoms with Gasteiger partial charge in [-0.05, 0) is 92.3 Å². The molecule has 0 radical (unpaired) electrons. The van der Waals surface area contributed by atoms with Gasteiger partial charge in [0.1, 0.15) is 0 Å². The molecule has 0 spiro atoms. The van der Waals surface area contributed by atoms with Crippen LogP contribution >= 0.6 is 0 Å². The third-order valence-electron chi connectivity index (χ3n) is 8.14. The molecule has 1 saturated heterocycles. The highest BCUT2D eigenvalue weighted by Crippen LogP contribution is 2.26. The van der Waals surface area contributed by atoms with Gasteiger partial charge < -0.3 is 15.5 Å². The Morgan fingerprint density at radius 3 is 2.44 bits per heavy atom. The number of hydrogen-bond acceptors (Lipinski definition) is 5. The van der Waals surface area contributed by atoms with Gasteiger partial charge >= 0.3 is 0 Å². The SMILES string of the molecule is O=C(NCc1cccc(CN2CCCCC2)c1)c1ccc2c(c1)CNCCCCCCCN2C(=O)c1cccnc1. The Balaban J connectivity index is 1.31. The number of amides is 2. The van der Waals surface area contributed by atoms with Gasteiger partial charge in [-0.15, -0.1) is 0 Å². The van der Waals surface area contributed by atoms with E-state index in [2.05, 4.69) is 44.8 Å². The van der Waals surface area contributed by atoms with Gasteiger partial charge in [0.05, 0.1) is 5.56 Å². The zero-order valence-corrected chi connectivity index (χ0v) is 24.1. The van der Waals surface area contributed by atoms with Gasteiger partial charge in [-0.1, -0.05) is 49.9 Å². The fraction of sp³-hybridized carbons (Fsp3) is 0.441. The lowest BCUT2D eigenvalue weighted by atomic mass is 10.0. The number of piperidine rings is 1. The molecule has 0 saturated carbocycles. The molecule has 2 amide bonds. The number of benzene rings is 2. The van der Waals surface area contributed by atoms with Crippen LogP contribution in [-0.2, 0) is 19.6 Å². The molecule has 0 unspecified atom stereocenters. The third-order valence-corrected chi connectivity index (χ3v) is 8.14. The van der Waals surface area contributed by atoms with Crippen LogP contribution in [0.2, 0.25) is 0 Å². The van der Waals surface area contributed by atoms with E-state index in [-0.39, 0.29) is 11.8 Å². The van der Waals surface area contributed by atoms with E-state index in [0.29, 0.717) is 30.8 Å². The van der Waals surface area contributed by atoms with Crippen LogP contribution in [0, 0.1) is 0 Å². The number of carbonyl (C=O) groups is 2. The number of anilines is 1. The second-order valence-corrected chi connectivity index (χ2v) is 11.3. The number of pyridine rings is 1. The minimum absolute atomic E-state index is 0.0574. The number of rotatable bonds is 6. The zero-order valence-electron chi connectivity index (χ0n) is 24.1. The Morgan fingerprint density at radius 2 is 1.59 bits per heavy atom. The highest BCUT2D eigenvalue weighted by atomic mass is 16.2. The van der Waals surface area contributed by atoms with Gasteiger partial charge in [0.2, 0.25) is 0 Å². The maximum Gasteiger partial charge on any atom is 0.259 e.